The summed E-state index contributed by atoms with van der Waals surface area (Å²) in [5.41, 5.74) is 6.80. The van der Waals surface area contributed by atoms with Crippen molar-refractivity contribution in [2.45, 2.75) is 69.3 Å². The largest absolute Gasteiger partial charge is 0.480 e. The average molecular weight is 450 g/mol. The Balaban J connectivity index is 1.67. The van der Waals surface area contributed by atoms with Crippen LogP contribution in [0.1, 0.15) is 38.3 Å². The highest BCUT2D eigenvalue weighted by molar-refractivity contribution is 5.95. The molecule has 32 heavy (non-hydrogen) atoms. The molecule has 3 heterocycles. The van der Waals surface area contributed by atoms with E-state index in [-0.39, 0.29) is 18.2 Å². The van der Waals surface area contributed by atoms with Gasteiger partial charge in [0.1, 0.15) is 12.1 Å². The number of hydrogen-bond donors (Lipinski definition) is 5. The first-order chi connectivity index (χ1) is 15.2. The molecule has 2 aliphatic heterocycles. The van der Waals surface area contributed by atoms with E-state index in [0.717, 1.165) is 5.69 Å². The predicted molar refractivity (Wildman–Crippen MR) is 111 cm³/mol. The smallest absolute Gasteiger partial charge is 0.328 e. The fraction of sp³-hybridized carbons (Fsp3) is 0.650. The number of H-pyrrole nitrogens is 1. The van der Waals surface area contributed by atoms with Crippen LogP contribution in [0.15, 0.2) is 12.5 Å². The Morgan fingerprint density at radius 3 is 2.47 bits per heavy atom. The van der Waals surface area contributed by atoms with E-state index in [9.17, 15) is 29.4 Å². The number of nitrogens with one attached hydrogen (secondary N) is 2. The van der Waals surface area contributed by atoms with E-state index in [4.69, 9.17) is 5.73 Å². The topological polar surface area (TPSA) is 182 Å². The minimum atomic E-state index is -1.47. The van der Waals surface area contributed by atoms with Crippen molar-refractivity contribution in [2.75, 3.05) is 13.1 Å². The monoisotopic (exact) mass is 450 g/mol. The molecule has 3 amide bonds. The van der Waals surface area contributed by atoms with Crippen LogP contribution >= 0.6 is 0 Å². The van der Waals surface area contributed by atoms with Crippen molar-refractivity contribution >= 4 is 23.7 Å². The number of amides is 3. The van der Waals surface area contributed by atoms with Crippen LogP contribution in [-0.4, -0.2) is 97.0 Å². The second kappa shape index (κ2) is 10.1. The molecule has 0 bridgehead atoms. The number of aliphatic carboxylic acids is 1. The number of nitrogens with zero attached hydrogens (tertiary/aromatic N) is 3. The van der Waals surface area contributed by atoms with Gasteiger partial charge in [0, 0.05) is 31.4 Å². The van der Waals surface area contributed by atoms with Gasteiger partial charge in [-0.05, 0) is 32.6 Å². The van der Waals surface area contributed by atoms with Gasteiger partial charge in [0.05, 0.1) is 18.5 Å². The summed E-state index contributed by atoms with van der Waals surface area (Å²) in [5.74, 6) is -2.67. The van der Waals surface area contributed by atoms with Gasteiger partial charge in [-0.2, -0.15) is 0 Å². The van der Waals surface area contributed by atoms with Crippen LogP contribution in [0.3, 0.4) is 0 Å². The SMILES string of the molecule is CC(O)C(NC(=O)C1CCCN1C(=O)C1CCCN1C(=O)C(N)Cc1cnc[nH]1)C(=O)O. The van der Waals surface area contributed by atoms with Gasteiger partial charge in [0.15, 0.2) is 6.04 Å². The lowest BCUT2D eigenvalue weighted by atomic mass is 10.1. The molecule has 0 radical (unpaired) electrons. The van der Waals surface area contributed by atoms with Crippen LogP contribution in [0.4, 0.5) is 0 Å². The molecule has 2 aliphatic rings. The Morgan fingerprint density at radius 1 is 1.22 bits per heavy atom. The third kappa shape index (κ3) is 5.07. The number of carboxylic acid groups (broad SMARTS) is 1. The highest BCUT2D eigenvalue weighted by atomic mass is 16.4. The molecule has 176 valence electrons. The number of carbonyl (C=O) groups is 4. The number of carbonyl (C=O) groups excluding carboxylic acids is 3. The molecule has 0 spiro atoms. The fourth-order valence-electron chi connectivity index (χ4n) is 4.35. The summed E-state index contributed by atoms with van der Waals surface area (Å²) in [6.07, 6.45) is 4.14. The molecule has 3 rings (SSSR count). The van der Waals surface area contributed by atoms with E-state index in [2.05, 4.69) is 15.3 Å². The molecule has 0 aliphatic carbocycles. The molecular weight excluding hydrogens is 420 g/mol. The van der Waals surface area contributed by atoms with Crippen LogP contribution in [0.2, 0.25) is 0 Å². The van der Waals surface area contributed by atoms with E-state index in [1.54, 1.807) is 6.20 Å². The maximum atomic E-state index is 13.3. The first kappa shape index (κ1) is 23.7. The van der Waals surface area contributed by atoms with Crippen molar-refractivity contribution in [1.82, 2.24) is 25.1 Å². The fourth-order valence-corrected chi connectivity index (χ4v) is 4.35. The molecule has 0 saturated carbocycles. The molecule has 0 aromatic carbocycles. The predicted octanol–water partition coefficient (Wildman–Crippen LogP) is -1.79. The van der Waals surface area contributed by atoms with Crippen LogP contribution in [0.5, 0.6) is 0 Å². The molecule has 2 saturated heterocycles. The molecular formula is C20H30N6O6. The Hall–Kier alpha value is -2.99. The quantitative estimate of drug-likeness (QED) is 0.308. The van der Waals surface area contributed by atoms with Gasteiger partial charge in [-0.3, -0.25) is 14.4 Å². The summed E-state index contributed by atoms with van der Waals surface area (Å²) in [4.78, 5) is 59.9. The Labute approximate surface area is 185 Å². The standard InChI is InChI=1S/C20H30N6O6/c1-11(27)16(20(31)32)24-17(28)14-4-2-6-25(14)19(30)15-5-3-7-26(15)18(29)13(21)8-12-9-22-10-23-12/h9-11,13-16,27H,2-8,21H2,1H3,(H,22,23)(H,24,28)(H,31,32). The minimum absolute atomic E-state index is 0.265. The lowest BCUT2D eigenvalue weighted by Gasteiger charge is -2.32. The van der Waals surface area contributed by atoms with Gasteiger partial charge in [0.2, 0.25) is 17.7 Å². The maximum Gasteiger partial charge on any atom is 0.328 e. The van der Waals surface area contributed by atoms with Gasteiger partial charge in [-0.1, -0.05) is 0 Å². The van der Waals surface area contributed by atoms with Crippen molar-refractivity contribution in [2.24, 2.45) is 5.73 Å². The number of aliphatic hydroxyl groups is 1. The van der Waals surface area contributed by atoms with E-state index < -0.39 is 42.1 Å². The molecule has 2 fully saturated rings. The number of carboxylic acids is 1. The number of hydrogen-bond acceptors (Lipinski definition) is 7. The Morgan fingerprint density at radius 2 is 1.88 bits per heavy atom. The van der Waals surface area contributed by atoms with E-state index in [1.165, 1.54) is 23.1 Å². The minimum Gasteiger partial charge on any atom is -0.480 e. The van der Waals surface area contributed by atoms with Crippen molar-refractivity contribution < 1.29 is 29.4 Å². The number of aromatic amines is 1. The van der Waals surface area contributed by atoms with Gasteiger partial charge in [0.25, 0.3) is 0 Å². The number of aliphatic hydroxyl groups excluding tert-OH is 1. The zero-order valence-corrected chi connectivity index (χ0v) is 17.9. The maximum absolute atomic E-state index is 13.3. The third-order valence-electron chi connectivity index (χ3n) is 6.02. The summed E-state index contributed by atoms with van der Waals surface area (Å²) in [5, 5.41) is 21.1. The van der Waals surface area contributed by atoms with Gasteiger partial charge >= 0.3 is 5.97 Å². The molecule has 6 N–H and O–H groups in total. The number of imidazole rings is 1. The van der Waals surface area contributed by atoms with Gasteiger partial charge < -0.3 is 36.0 Å². The Bertz CT molecular complexity index is 844. The lowest BCUT2D eigenvalue weighted by molar-refractivity contribution is -0.149. The second-order valence-corrected chi connectivity index (χ2v) is 8.33. The lowest BCUT2D eigenvalue weighted by Crippen LogP contribution is -2.57. The van der Waals surface area contributed by atoms with Crippen LogP contribution in [-0.2, 0) is 25.6 Å². The zero-order valence-electron chi connectivity index (χ0n) is 17.9. The average Bonchev–Trinajstić information content (AvgIpc) is 3.51. The molecule has 12 heteroatoms. The second-order valence-electron chi connectivity index (χ2n) is 8.33. The zero-order chi connectivity index (χ0) is 23.4. The molecule has 5 unspecified atom stereocenters. The molecule has 1 aromatic rings. The number of nitrogens with two attached hydrogens (primary N) is 1. The summed E-state index contributed by atoms with van der Waals surface area (Å²) in [6.45, 7) is 2.01. The van der Waals surface area contributed by atoms with Crippen LogP contribution in [0.25, 0.3) is 0 Å². The van der Waals surface area contributed by atoms with E-state index in [1.807, 2.05) is 0 Å². The highest BCUT2D eigenvalue weighted by Gasteiger charge is 2.43. The first-order valence-electron chi connectivity index (χ1n) is 10.8. The molecule has 5 atom stereocenters. The van der Waals surface area contributed by atoms with Crippen molar-refractivity contribution in [3.05, 3.63) is 18.2 Å². The van der Waals surface area contributed by atoms with Crippen LogP contribution < -0.4 is 11.1 Å². The van der Waals surface area contributed by atoms with Gasteiger partial charge in [-0.25, -0.2) is 9.78 Å². The van der Waals surface area contributed by atoms with Crippen LogP contribution in [0, 0.1) is 0 Å². The summed E-state index contributed by atoms with van der Waals surface area (Å²) in [7, 11) is 0. The summed E-state index contributed by atoms with van der Waals surface area (Å²) >= 11 is 0. The van der Waals surface area contributed by atoms with E-state index >= 15 is 0 Å². The number of likely N-dealkylation sites (tertiary alicyclic amines) is 2. The third-order valence-corrected chi connectivity index (χ3v) is 6.02. The van der Waals surface area contributed by atoms with Gasteiger partial charge in [-0.15, -0.1) is 0 Å². The number of aromatic nitrogens is 2. The first-order valence-corrected chi connectivity index (χ1v) is 10.8. The summed E-state index contributed by atoms with van der Waals surface area (Å²) < 4.78 is 0. The van der Waals surface area contributed by atoms with Crippen molar-refractivity contribution in [3.63, 3.8) is 0 Å². The number of rotatable bonds is 8. The molecule has 1 aromatic heterocycles. The summed E-state index contributed by atoms with van der Waals surface area (Å²) in [6, 6.07) is -3.86. The highest BCUT2D eigenvalue weighted by Crippen LogP contribution is 2.26. The Kier molecular flexibility index (Phi) is 7.46. The van der Waals surface area contributed by atoms with Crippen molar-refractivity contribution in [1.29, 1.82) is 0 Å². The van der Waals surface area contributed by atoms with Crippen molar-refractivity contribution in [3.8, 4) is 0 Å². The normalized spacial score (nSPS) is 23.6. The molecule has 12 nitrogen and oxygen atoms in total. The van der Waals surface area contributed by atoms with E-state index in [0.29, 0.717) is 38.8 Å².